The highest BCUT2D eigenvalue weighted by Gasteiger charge is 2.15. The summed E-state index contributed by atoms with van der Waals surface area (Å²) in [5, 5.41) is 6.54. The fourth-order valence-electron chi connectivity index (χ4n) is 2.71. The number of aromatic nitrogens is 3. The number of halogens is 2. The molecule has 0 unspecified atom stereocenters. The van der Waals surface area contributed by atoms with Gasteiger partial charge in [0, 0.05) is 17.4 Å². The summed E-state index contributed by atoms with van der Waals surface area (Å²) >= 11 is 0. The van der Waals surface area contributed by atoms with E-state index in [1.165, 1.54) is 30.3 Å². The Morgan fingerprint density at radius 2 is 1.86 bits per heavy atom. The molecule has 1 amide bonds. The number of carbonyl (C=O) groups excluding carboxylic acids is 1. The summed E-state index contributed by atoms with van der Waals surface area (Å²) in [7, 11) is 0. The number of hydrogen-bond acceptors (Lipinski definition) is 4. The monoisotopic (exact) mass is 380 g/mol. The van der Waals surface area contributed by atoms with E-state index in [1.54, 1.807) is 41.1 Å². The highest BCUT2D eigenvalue weighted by Crippen LogP contribution is 2.23. The van der Waals surface area contributed by atoms with Crippen LogP contribution in [-0.2, 0) is 11.3 Å². The number of hydrogen-bond donors (Lipinski definition) is 1. The molecule has 2 aromatic heterocycles. The fraction of sp³-hybridized carbons (Fsp3) is 0.0500. The van der Waals surface area contributed by atoms with Crippen LogP contribution >= 0.6 is 0 Å². The van der Waals surface area contributed by atoms with Crippen LogP contribution in [0, 0.1) is 11.6 Å². The van der Waals surface area contributed by atoms with Gasteiger partial charge in [-0.25, -0.2) is 8.78 Å². The second kappa shape index (κ2) is 7.43. The zero-order valence-electron chi connectivity index (χ0n) is 14.5. The maximum Gasteiger partial charge on any atom is 0.274 e. The summed E-state index contributed by atoms with van der Waals surface area (Å²) in [5.41, 5.74) is 1.53. The lowest BCUT2D eigenvalue weighted by atomic mass is 10.2. The van der Waals surface area contributed by atoms with Crippen molar-refractivity contribution in [3.8, 4) is 23.0 Å². The topological polar surface area (TPSA) is 73.0 Å². The van der Waals surface area contributed by atoms with Crippen LogP contribution in [0.4, 0.5) is 14.5 Å². The smallest absolute Gasteiger partial charge is 0.274 e. The molecule has 0 radical (unpaired) electrons. The lowest BCUT2D eigenvalue weighted by Gasteiger charge is -2.08. The van der Waals surface area contributed by atoms with Crippen molar-refractivity contribution in [2.75, 3.05) is 5.32 Å². The van der Waals surface area contributed by atoms with Gasteiger partial charge in [0.15, 0.2) is 0 Å². The van der Waals surface area contributed by atoms with Gasteiger partial charge in [-0.15, -0.1) is 0 Å². The summed E-state index contributed by atoms with van der Waals surface area (Å²) in [4.78, 5) is 16.6. The molecule has 140 valence electrons. The molecule has 2 heterocycles. The quantitative estimate of drug-likeness (QED) is 0.565. The van der Waals surface area contributed by atoms with E-state index in [0.29, 0.717) is 22.8 Å². The first-order valence-electron chi connectivity index (χ1n) is 8.39. The molecule has 1 N–H and O–H groups in total. The second-order valence-corrected chi connectivity index (χ2v) is 6.01. The van der Waals surface area contributed by atoms with Crippen molar-refractivity contribution in [2.24, 2.45) is 0 Å². The van der Waals surface area contributed by atoms with Gasteiger partial charge < -0.3 is 14.4 Å². The minimum atomic E-state index is -0.432. The van der Waals surface area contributed by atoms with E-state index in [0.717, 1.165) is 0 Å². The highest BCUT2D eigenvalue weighted by molar-refractivity contribution is 5.90. The molecule has 4 aromatic rings. The van der Waals surface area contributed by atoms with Crippen LogP contribution in [0.3, 0.4) is 0 Å². The highest BCUT2D eigenvalue weighted by atomic mass is 19.1. The third kappa shape index (κ3) is 3.80. The molecule has 0 aliphatic heterocycles. The number of anilines is 1. The molecule has 0 atom stereocenters. The summed E-state index contributed by atoms with van der Waals surface area (Å²) in [6, 6.07) is 14.9. The van der Waals surface area contributed by atoms with E-state index in [-0.39, 0.29) is 24.2 Å². The summed E-state index contributed by atoms with van der Waals surface area (Å²) < 4.78 is 33.2. The summed E-state index contributed by atoms with van der Waals surface area (Å²) in [5.74, 6) is -0.583. The molecular weight excluding hydrogens is 366 g/mol. The normalized spacial score (nSPS) is 10.8. The fourth-order valence-corrected chi connectivity index (χ4v) is 2.71. The van der Waals surface area contributed by atoms with Gasteiger partial charge in [0.2, 0.25) is 11.7 Å². The van der Waals surface area contributed by atoms with E-state index in [1.807, 2.05) is 0 Å². The van der Waals surface area contributed by atoms with E-state index >= 15 is 0 Å². The van der Waals surface area contributed by atoms with E-state index in [9.17, 15) is 13.6 Å². The third-order valence-corrected chi connectivity index (χ3v) is 4.00. The molecule has 0 saturated carbocycles. The molecule has 0 aliphatic rings. The molecule has 2 aromatic carbocycles. The Kier molecular flexibility index (Phi) is 4.67. The van der Waals surface area contributed by atoms with Crippen LogP contribution in [0.1, 0.15) is 0 Å². The van der Waals surface area contributed by atoms with Gasteiger partial charge in [-0.05, 0) is 54.6 Å². The van der Waals surface area contributed by atoms with Gasteiger partial charge in [0.25, 0.3) is 5.89 Å². The Balaban J connectivity index is 1.51. The molecule has 0 saturated heterocycles. The van der Waals surface area contributed by atoms with Crippen LogP contribution in [0.25, 0.3) is 23.0 Å². The largest absolute Gasteiger partial charge is 0.334 e. The average Bonchev–Trinajstić information content (AvgIpc) is 3.31. The van der Waals surface area contributed by atoms with Gasteiger partial charge >= 0.3 is 0 Å². The molecule has 6 nitrogen and oxygen atoms in total. The molecular formula is C20H14F2N4O2. The number of nitrogens with zero attached hydrogens (tertiary/aromatic N) is 3. The number of amides is 1. The van der Waals surface area contributed by atoms with E-state index in [2.05, 4.69) is 15.5 Å². The summed E-state index contributed by atoms with van der Waals surface area (Å²) in [6.45, 7) is -0.0207. The third-order valence-electron chi connectivity index (χ3n) is 4.00. The molecule has 0 fully saturated rings. The average molecular weight is 380 g/mol. The zero-order valence-corrected chi connectivity index (χ0v) is 14.5. The van der Waals surface area contributed by atoms with Gasteiger partial charge in [-0.2, -0.15) is 4.98 Å². The first-order chi connectivity index (χ1) is 13.6. The van der Waals surface area contributed by atoms with Crippen molar-refractivity contribution in [2.45, 2.75) is 6.54 Å². The Bertz CT molecular complexity index is 1120. The Hall–Kier alpha value is -3.81. The maximum atomic E-state index is 13.2. The molecule has 8 heteroatoms. The van der Waals surface area contributed by atoms with Crippen molar-refractivity contribution >= 4 is 11.6 Å². The van der Waals surface area contributed by atoms with E-state index in [4.69, 9.17) is 4.52 Å². The van der Waals surface area contributed by atoms with Crippen LogP contribution < -0.4 is 5.32 Å². The minimum absolute atomic E-state index is 0.0207. The standard InChI is InChI=1S/C20H14F2N4O2/c21-14-8-6-13(7-9-14)19-24-20(28-25-19)17-5-2-10-26(17)12-18(27)23-16-4-1-3-15(22)11-16/h1-11H,12H2,(H,23,27). The second-order valence-electron chi connectivity index (χ2n) is 6.01. The number of nitrogens with one attached hydrogen (secondary N) is 1. The van der Waals surface area contributed by atoms with Gasteiger partial charge in [-0.3, -0.25) is 4.79 Å². The molecule has 28 heavy (non-hydrogen) atoms. The lowest BCUT2D eigenvalue weighted by Crippen LogP contribution is -2.18. The van der Waals surface area contributed by atoms with Crippen LogP contribution in [0.15, 0.2) is 71.4 Å². The van der Waals surface area contributed by atoms with Crippen molar-refractivity contribution in [3.63, 3.8) is 0 Å². The first kappa shape index (κ1) is 17.6. The van der Waals surface area contributed by atoms with Crippen molar-refractivity contribution in [3.05, 3.63) is 78.5 Å². The van der Waals surface area contributed by atoms with Crippen LogP contribution in [0.5, 0.6) is 0 Å². The minimum Gasteiger partial charge on any atom is -0.334 e. The molecule has 0 bridgehead atoms. The van der Waals surface area contributed by atoms with Crippen molar-refractivity contribution in [1.82, 2.24) is 14.7 Å². The predicted octanol–water partition coefficient (Wildman–Crippen LogP) is 4.12. The van der Waals surface area contributed by atoms with Gasteiger partial charge in [0.05, 0.1) is 0 Å². The molecule has 4 rings (SSSR count). The molecule has 0 aliphatic carbocycles. The van der Waals surface area contributed by atoms with E-state index < -0.39 is 5.82 Å². The summed E-state index contributed by atoms with van der Waals surface area (Å²) in [6.07, 6.45) is 1.70. The maximum absolute atomic E-state index is 13.2. The number of benzene rings is 2. The number of rotatable bonds is 5. The van der Waals surface area contributed by atoms with Crippen molar-refractivity contribution in [1.29, 1.82) is 0 Å². The molecule has 0 spiro atoms. The Labute approximate surface area is 158 Å². The van der Waals surface area contributed by atoms with Crippen LogP contribution in [0.2, 0.25) is 0 Å². The van der Waals surface area contributed by atoms with Crippen molar-refractivity contribution < 1.29 is 18.1 Å². The zero-order chi connectivity index (χ0) is 19.5. The Morgan fingerprint density at radius 3 is 2.64 bits per heavy atom. The van der Waals surface area contributed by atoms with Gasteiger partial charge in [0.1, 0.15) is 23.9 Å². The first-order valence-corrected chi connectivity index (χ1v) is 8.39. The number of carbonyl (C=O) groups is 1. The predicted molar refractivity (Wildman–Crippen MR) is 98.1 cm³/mol. The van der Waals surface area contributed by atoms with Crippen LogP contribution in [-0.4, -0.2) is 20.6 Å². The lowest BCUT2D eigenvalue weighted by molar-refractivity contribution is -0.116. The Morgan fingerprint density at radius 1 is 1.04 bits per heavy atom. The SMILES string of the molecule is O=C(Cn1cccc1-c1nc(-c2ccc(F)cc2)no1)Nc1cccc(F)c1. The van der Waals surface area contributed by atoms with Gasteiger partial charge in [-0.1, -0.05) is 11.2 Å².